The number of carbonyl (C=O) groups excluding carboxylic acids is 1. The van der Waals surface area contributed by atoms with Crippen molar-refractivity contribution in [1.29, 1.82) is 0 Å². The Morgan fingerprint density at radius 2 is 2.14 bits per heavy atom. The summed E-state index contributed by atoms with van der Waals surface area (Å²) in [6.45, 7) is 2.49. The summed E-state index contributed by atoms with van der Waals surface area (Å²) in [5.41, 5.74) is 1.18. The molecule has 0 aliphatic heterocycles. The number of rotatable bonds is 4. The van der Waals surface area contributed by atoms with Gasteiger partial charge in [0.05, 0.1) is 0 Å². The second kappa shape index (κ2) is 5.70. The Morgan fingerprint density at radius 1 is 1.43 bits per heavy atom. The quantitative estimate of drug-likeness (QED) is 0.772. The third-order valence-electron chi connectivity index (χ3n) is 1.99. The zero-order valence-corrected chi connectivity index (χ0v) is 9.36. The molecule has 0 fully saturated rings. The van der Waals surface area contributed by atoms with Crippen molar-refractivity contribution in [1.82, 2.24) is 5.32 Å². The molecule has 1 amide bonds. The lowest BCUT2D eigenvalue weighted by molar-refractivity contribution is -0.120. The standard InChI is InChI=1S/C11H15NOS/c1-3-11(13)12-8-9-6-4-5-7-10(9)14-2/h4-7H,3,8H2,1-2H3,(H,12,13). The number of hydrogen-bond acceptors (Lipinski definition) is 2. The topological polar surface area (TPSA) is 29.1 Å². The highest BCUT2D eigenvalue weighted by Crippen LogP contribution is 2.19. The van der Waals surface area contributed by atoms with E-state index in [1.54, 1.807) is 11.8 Å². The van der Waals surface area contributed by atoms with Gasteiger partial charge in [-0.1, -0.05) is 25.1 Å². The first-order valence-electron chi connectivity index (χ1n) is 4.66. The zero-order chi connectivity index (χ0) is 10.4. The van der Waals surface area contributed by atoms with Gasteiger partial charge in [0.2, 0.25) is 5.91 Å². The summed E-state index contributed by atoms with van der Waals surface area (Å²) >= 11 is 1.70. The van der Waals surface area contributed by atoms with E-state index >= 15 is 0 Å². The Bertz CT molecular complexity index is 312. The van der Waals surface area contributed by atoms with Crippen molar-refractivity contribution in [2.75, 3.05) is 6.26 Å². The molecule has 0 radical (unpaired) electrons. The number of carbonyl (C=O) groups is 1. The predicted octanol–water partition coefficient (Wildman–Crippen LogP) is 2.43. The lowest BCUT2D eigenvalue weighted by Crippen LogP contribution is -2.21. The maximum absolute atomic E-state index is 11.1. The van der Waals surface area contributed by atoms with E-state index < -0.39 is 0 Å². The summed E-state index contributed by atoms with van der Waals surface area (Å²) in [6, 6.07) is 8.12. The summed E-state index contributed by atoms with van der Waals surface area (Å²) < 4.78 is 0. The maximum Gasteiger partial charge on any atom is 0.219 e. The first-order valence-corrected chi connectivity index (χ1v) is 5.89. The van der Waals surface area contributed by atoms with E-state index in [0.29, 0.717) is 13.0 Å². The van der Waals surface area contributed by atoms with Crippen LogP contribution in [-0.4, -0.2) is 12.2 Å². The highest BCUT2D eigenvalue weighted by atomic mass is 32.2. The number of thioether (sulfide) groups is 1. The minimum absolute atomic E-state index is 0.0981. The summed E-state index contributed by atoms with van der Waals surface area (Å²) in [5.74, 6) is 0.0981. The van der Waals surface area contributed by atoms with Gasteiger partial charge in [-0.05, 0) is 17.9 Å². The van der Waals surface area contributed by atoms with Crippen LogP contribution in [0.3, 0.4) is 0 Å². The number of hydrogen-bond donors (Lipinski definition) is 1. The third kappa shape index (κ3) is 3.07. The Hall–Kier alpha value is -0.960. The normalized spacial score (nSPS) is 9.86. The largest absolute Gasteiger partial charge is 0.352 e. The summed E-state index contributed by atoms with van der Waals surface area (Å²) in [7, 11) is 0. The van der Waals surface area contributed by atoms with Gasteiger partial charge >= 0.3 is 0 Å². The van der Waals surface area contributed by atoms with E-state index in [9.17, 15) is 4.79 Å². The van der Waals surface area contributed by atoms with Crippen LogP contribution in [0.25, 0.3) is 0 Å². The van der Waals surface area contributed by atoms with E-state index in [1.165, 1.54) is 10.5 Å². The van der Waals surface area contributed by atoms with E-state index in [0.717, 1.165) is 0 Å². The molecule has 0 saturated carbocycles. The molecule has 0 aromatic heterocycles. The molecule has 2 nitrogen and oxygen atoms in total. The molecule has 76 valence electrons. The van der Waals surface area contributed by atoms with Crippen LogP contribution in [0.2, 0.25) is 0 Å². The van der Waals surface area contributed by atoms with Crippen molar-refractivity contribution >= 4 is 17.7 Å². The van der Waals surface area contributed by atoms with Gasteiger partial charge in [-0.3, -0.25) is 4.79 Å². The molecular formula is C11H15NOS. The Balaban J connectivity index is 2.61. The van der Waals surface area contributed by atoms with Crippen molar-refractivity contribution in [3.05, 3.63) is 29.8 Å². The third-order valence-corrected chi connectivity index (χ3v) is 2.83. The molecule has 3 heteroatoms. The smallest absolute Gasteiger partial charge is 0.219 e. The molecule has 1 aromatic rings. The minimum Gasteiger partial charge on any atom is -0.352 e. The first kappa shape index (κ1) is 11.1. The molecule has 0 unspecified atom stereocenters. The van der Waals surface area contributed by atoms with E-state index in [1.807, 2.05) is 31.4 Å². The molecule has 1 rings (SSSR count). The van der Waals surface area contributed by atoms with Crippen molar-refractivity contribution in [3.8, 4) is 0 Å². The number of nitrogens with one attached hydrogen (secondary N) is 1. The van der Waals surface area contributed by atoms with Gasteiger partial charge in [-0.2, -0.15) is 0 Å². The first-order chi connectivity index (χ1) is 6.77. The number of benzene rings is 1. The van der Waals surface area contributed by atoms with Crippen LogP contribution in [0.15, 0.2) is 29.2 Å². The van der Waals surface area contributed by atoms with Crippen LogP contribution in [0.4, 0.5) is 0 Å². The molecule has 0 aliphatic rings. The molecule has 0 spiro atoms. The average Bonchev–Trinajstić information content (AvgIpc) is 2.26. The fourth-order valence-electron chi connectivity index (χ4n) is 1.17. The second-order valence-electron chi connectivity index (χ2n) is 2.94. The van der Waals surface area contributed by atoms with Gasteiger partial charge in [0.25, 0.3) is 0 Å². The molecule has 1 N–H and O–H groups in total. The second-order valence-corrected chi connectivity index (χ2v) is 3.79. The fraction of sp³-hybridized carbons (Fsp3) is 0.364. The van der Waals surface area contributed by atoms with Crippen molar-refractivity contribution in [3.63, 3.8) is 0 Å². The van der Waals surface area contributed by atoms with Crippen molar-refractivity contribution in [2.24, 2.45) is 0 Å². The predicted molar refractivity (Wildman–Crippen MR) is 60.4 cm³/mol. The molecular weight excluding hydrogens is 194 g/mol. The molecule has 0 aliphatic carbocycles. The highest BCUT2D eigenvalue weighted by molar-refractivity contribution is 7.98. The average molecular weight is 209 g/mol. The van der Waals surface area contributed by atoms with Crippen LogP contribution in [-0.2, 0) is 11.3 Å². The van der Waals surface area contributed by atoms with E-state index in [-0.39, 0.29) is 5.91 Å². The Kier molecular flexibility index (Phi) is 4.53. The monoisotopic (exact) mass is 209 g/mol. The van der Waals surface area contributed by atoms with Crippen LogP contribution < -0.4 is 5.32 Å². The molecule has 0 heterocycles. The van der Waals surface area contributed by atoms with Crippen LogP contribution in [0.1, 0.15) is 18.9 Å². The zero-order valence-electron chi connectivity index (χ0n) is 8.54. The van der Waals surface area contributed by atoms with Gasteiger partial charge in [-0.25, -0.2) is 0 Å². The lowest BCUT2D eigenvalue weighted by Gasteiger charge is -2.07. The van der Waals surface area contributed by atoms with Crippen LogP contribution in [0.5, 0.6) is 0 Å². The molecule has 0 saturated heterocycles. The van der Waals surface area contributed by atoms with Crippen LogP contribution >= 0.6 is 11.8 Å². The SMILES string of the molecule is CCC(=O)NCc1ccccc1SC. The van der Waals surface area contributed by atoms with Gasteiger partial charge in [0, 0.05) is 17.9 Å². The summed E-state index contributed by atoms with van der Waals surface area (Å²) in [5, 5.41) is 2.87. The lowest BCUT2D eigenvalue weighted by atomic mass is 10.2. The minimum atomic E-state index is 0.0981. The number of amides is 1. The van der Waals surface area contributed by atoms with Crippen molar-refractivity contribution < 1.29 is 4.79 Å². The fourth-order valence-corrected chi connectivity index (χ4v) is 1.78. The van der Waals surface area contributed by atoms with Gasteiger partial charge in [0.15, 0.2) is 0 Å². The van der Waals surface area contributed by atoms with Gasteiger partial charge < -0.3 is 5.32 Å². The Morgan fingerprint density at radius 3 is 2.79 bits per heavy atom. The molecule has 14 heavy (non-hydrogen) atoms. The Labute approximate surface area is 89.1 Å². The van der Waals surface area contributed by atoms with Crippen LogP contribution in [0, 0.1) is 0 Å². The van der Waals surface area contributed by atoms with Crippen molar-refractivity contribution in [2.45, 2.75) is 24.8 Å². The van der Waals surface area contributed by atoms with E-state index in [2.05, 4.69) is 11.4 Å². The summed E-state index contributed by atoms with van der Waals surface area (Å²) in [6.07, 6.45) is 2.59. The molecule has 0 bridgehead atoms. The van der Waals surface area contributed by atoms with Gasteiger partial charge in [0.1, 0.15) is 0 Å². The van der Waals surface area contributed by atoms with E-state index in [4.69, 9.17) is 0 Å². The highest BCUT2D eigenvalue weighted by Gasteiger charge is 2.01. The maximum atomic E-state index is 11.1. The molecule has 0 atom stereocenters. The van der Waals surface area contributed by atoms with Gasteiger partial charge in [-0.15, -0.1) is 11.8 Å². The molecule has 1 aromatic carbocycles. The summed E-state index contributed by atoms with van der Waals surface area (Å²) in [4.78, 5) is 12.3.